The summed E-state index contributed by atoms with van der Waals surface area (Å²) in [7, 11) is 0. The SMILES string of the molecule is O=C(Nc1ccc(-c2nnc3n2CCCCC3)cc1)C1CC(=O)N(c2ccc3c(c2)CCC3)C1. The van der Waals surface area contributed by atoms with Crippen LogP contribution < -0.4 is 10.2 Å². The standard InChI is InChI=1S/C27H29N5O2/c33-25-16-21(17-32(25)23-13-10-18-5-4-6-20(18)15-23)27(34)28-22-11-8-19(9-12-22)26-30-29-24-7-2-1-3-14-31(24)26/h8-13,15,21H,1-7,14,16-17H2,(H,28,34). The Bertz CT molecular complexity index is 1250. The molecule has 34 heavy (non-hydrogen) atoms. The van der Waals surface area contributed by atoms with Gasteiger partial charge in [-0.2, -0.15) is 0 Å². The summed E-state index contributed by atoms with van der Waals surface area (Å²) in [5, 5.41) is 11.8. The molecule has 1 atom stereocenters. The molecule has 174 valence electrons. The van der Waals surface area contributed by atoms with Crippen molar-refractivity contribution in [2.75, 3.05) is 16.8 Å². The molecule has 3 aromatic rings. The van der Waals surface area contributed by atoms with E-state index in [1.165, 1.54) is 24.0 Å². The summed E-state index contributed by atoms with van der Waals surface area (Å²) in [6, 6.07) is 14.1. The molecule has 0 bridgehead atoms. The first-order valence-corrected chi connectivity index (χ1v) is 12.4. The van der Waals surface area contributed by atoms with E-state index in [4.69, 9.17) is 0 Å². The number of rotatable bonds is 4. The molecule has 0 radical (unpaired) electrons. The molecule has 2 aromatic carbocycles. The van der Waals surface area contributed by atoms with Crippen molar-refractivity contribution in [2.45, 2.75) is 57.9 Å². The fourth-order valence-electron chi connectivity index (χ4n) is 5.50. The monoisotopic (exact) mass is 455 g/mol. The summed E-state index contributed by atoms with van der Waals surface area (Å²) < 4.78 is 2.22. The first kappa shape index (κ1) is 21.1. The molecule has 2 aliphatic heterocycles. The Labute approximate surface area is 199 Å². The van der Waals surface area contributed by atoms with Gasteiger partial charge in [0.2, 0.25) is 11.8 Å². The van der Waals surface area contributed by atoms with E-state index in [9.17, 15) is 9.59 Å². The molecule has 1 aromatic heterocycles. The van der Waals surface area contributed by atoms with Crippen LogP contribution >= 0.6 is 0 Å². The van der Waals surface area contributed by atoms with E-state index < -0.39 is 0 Å². The van der Waals surface area contributed by atoms with Crippen LogP contribution in [0.3, 0.4) is 0 Å². The maximum Gasteiger partial charge on any atom is 0.229 e. The van der Waals surface area contributed by atoms with E-state index >= 15 is 0 Å². The smallest absolute Gasteiger partial charge is 0.229 e. The van der Waals surface area contributed by atoms with Crippen molar-refractivity contribution in [1.82, 2.24) is 14.8 Å². The van der Waals surface area contributed by atoms with Crippen molar-refractivity contribution in [3.63, 3.8) is 0 Å². The normalized spacial score (nSPS) is 19.6. The van der Waals surface area contributed by atoms with Gasteiger partial charge < -0.3 is 14.8 Å². The van der Waals surface area contributed by atoms with E-state index in [0.29, 0.717) is 6.54 Å². The van der Waals surface area contributed by atoms with E-state index in [1.54, 1.807) is 4.90 Å². The molecule has 7 heteroatoms. The quantitative estimate of drug-likeness (QED) is 0.641. The number of anilines is 2. The van der Waals surface area contributed by atoms with Crippen LogP contribution in [0.15, 0.2) is 42.5 Å². The van der Waals surface area contributed by atoms with Crippen molar-refractivity contribution in [3.05, 3.63) is 59.4 Å². The van der Waals surface area contributed by atoms with Crippen LogP contribution in [0.25, 0.3) is 11.4 Å². The fourth-order valence-corrected chi connectivity index (χ4v) is 5.50. The van der Waals surface area contributed by atoms with Gasteiger partial charge in [0.05, 0.1) is 5.92 Å². The highest BCUT2D eigenvalue weighted by molar-refractivity contribution is 6.03. The zero-order chi connectivity index (χ0) is 23.1. The number of carbonyl (C=O) groups is 2. The van der Waals surface area contributed by atoms with Crippen molar-refractivity contribution in [2.24, 2.45) is 5.92 Å². The minimum absolute atomic E-state index is 0.0148. The third-order valence-electron chi connectivity index (χ3n) is 7.41. The Balaban J connectivity index is 1.12. The predicted octanol–water partition coefficient (Wildman–Crippen LogP) is 4.15. The average Bonchev–Trinajstić information content (AvgIpc) is 3.54. The number of fused-ring (bicyclic) bond motifs is 2. The molecular weight excluding hydrogens is 426 g/mol. The molecule has 3 heterocycles. The maximum absolute atomic E-state index is 13.0. The molecule has 6 rings (SSSR count). The minimum Gasteiger partial charge on any atom is -0.326 e. The van der Waals surface area contributed by atoms with Crippen LogP contribution in [0.5, 0.6) is 0 Å². The van der Waals surface area contributed by atoms with Gasteiger partial charge in [-0.3, -0.25) is 9.59 Å². The van der Waals surface area contributed by atoms with Crippen LogP contribution in [0.4, 0.5) is 11.4 Å². The number of nitrogens with one attached hydrogen (secondary N) is 1. The second-order valence-corrected chi connectivity index (χ2v) is 9.68. The molecule has 1 saturated heterocycles. The Kier molecular flexibility index (Phi) is 5.40. The number of hydrogen-bond donors (Lipinski definition) is 1. The van der Waals surface area contributed by atoms with E-state index in [0.717, 1.165) is 67.2 Å². The average molecular weight is 456 g/mol. The Morgan fingerprint density at radius 2 is 1.76 bits per heavy atom. The predicted molar refractivity (Wildman–Crippen MR) is 131 cm³/mol. The van der Waals surface area contributed by atoms with Crippen LogP contribution in [-0.2, 0) is 35.4 Å². The zero-order valence-electron chi connectivity index (χ0n) is 19.3. The second-order valence-electron chi connectivity index (χ2n) is 9.68. The zero-order valence-corrected chi connectivity index (χ0v) is 19.3. The molecule has 1 fully saturated rings. The molecule has 1 unspecified atom stereocenters. The molecule has 0 spiro atoms. The van der Waals surface area contributed by atoms with Gasteiger partial charge in [0, 0.05) is 42.9 Å². The van der Waals surface area contributed by atoms with Crippen LogP contribution in [0.1, 0.15) is 49.1 Å². The van der Waals surface area contributed by atoms with Gasteiger partial charge in [0.1, 0.15) is 5.82 Å². The molecule has 2 amide bonds. The van der Waals surface area contributed by atoms with Gasteiger partial charge in [-0.25, -0.2) is 0 Å². The van der Waals surface area contributed by atoms with Gasteiger partial charge in [0.25, 0.3) is 0 Å². The number of nitrogens with zero attached hydrogens (tertiary/aromatic N) is 4. The first-order chi connectivity index (χ1) is 16.7. The third-order valence-corrected chi connectivity index (χ3v) is 7.41. The molecular formula is C27H29N5O2. The summed E-state index contributed by atoms with van der Waals surface area (Å²) in [6.45, 7) is 1.38. The Morgan fingerprint density at radius 3 is 2.65 bits per heavy atom. The van der Waals surface area contributed by atoms with Gasteiger partial charge in [-0.05, 0) is 79.6 Å². The van der Waals surface area contributed by atoms with Crippen molar-refractivity contribution < 1.29 is 9.59 Å². The lowest BCUT2D eigenvalue weighted by atomic mass is 10.1. The van der Waals surface area contributed by atoms with Gasteiger partial charge in [-0.1, -0.05) is 12.5 Å². The molecule has 0 saturated carbocycles. The number of aromatic nitrogens is 3. The summed E-state index contributed by atoms with van der Waals surface area (Å²) >= 11 is 0. The van der Waals surface area contributed by atoms with Crippen molar-refractivity contribution in [1.29, 1.82) is 0 Å². The highest BCUT2D eigenvalue weighted by atomic mass is 16.2. The van der Waals surface area contributed by atoms with Crippen molar-refractivity contribution in [3.8, 4) is 11.4 Å². The Hall–Kier alpha value is -3.48. The van der Waals surface area contributed by atoms with E-state index in [2.05, 4.69) is 32.2 Å². The lowest BCUT2D eigenvalue weighted by Crippen LogP contribution is -2.28. The second kappa shape index (κ2) is 8.70. The molecule has 1 aliphatic carbocycles. The fraction of sp³-hybridized carbons (Fsp3) is 0.407. The van der Waals surface area contributed by atoms with E-state index in [-0.39, 0.29) is 24.2 Å². The summed E-state index contributed by atoms with van der Waals surface area (Å²) in [4.78, 5) is 27.4. The third kappa shape index (κ3) is 3.89. The summed E-state index contributed by atoms with van der Waals surface area (Å²) in [6.07, 6.45) is 8.12. The summed E-state index contributed by atoms with van der Waals surface area (Å²) in [5.41, 5.74) is 5.36. The van der Waals surface area contributed by atoms with Crippen LogP contribution in [0.2, 0.25) is 0 Å². The lowest BCUT2D eigenvalue weighted by molar-refractivity contribution is -0.122. The van der Waals surface area contributed by atoms with Crippen LogP contribution in [-0.4, -0.2) is 33.1 Å². The molecule has 3 aliphatic rings. The lowest BCUT2D eigenvalue weighted by Gasteiger charge is -2.18. The van der Waals surface area contributed by atoms with Gasteiger partial charge in [-0.15, -0.1) is 10.2 Å². The largest absolute Gasteiger partial charge is 0.326 e. The van der Waals surface area contributed by atoms with Gasteiger partial charge in [0.15, 0.2) is 5.82 Å². The number of amides is 2. The molecule has 7 nitrogen and oxygen atoms in total. The number of benzene rings is 2. The number of aryl methyl sites for hydroxylation is 3. The Morgan fingerprint density at radius 1 is 0.912 bits per heavy atom. The minimum atomic E-state index is -0.354. The highest BCUT2D eigenvalue weighted by Crippen LogP contribution is 2.31. The maximum atomic E-state index is 13.0. The first-order valence-electron chi connectivity index (χ1n) is 12.4. The topological polar surface area (TPSA) is 80.1 Å². The van der Waals surface area contributed by atoms with Crippen LogP contribution in [0, 0.1) is 5.92 Å². The highest BCUT2D eigenvalue weighted by Gasteiger charge is 2.35. The molecule has 1 N–H and O–H groups in total. The number of hydrogen-bond acceptors (Lipinski definition) is 4. The van der Waals surface area contributed by atoms with Gasteiger partial charge >= 0.3 is 0 Å². The van der Waals surface area contributed by atoms with E-state index in [1.807, 2.05) is 30.3 Å². The van der Waals surface area contributed by atoms with Crippen molar-refractivity contribution >= 4 is 23.2 Å². The number of carbonyl (C=O) groups excluding carboxylic acids is 2. The summed E-state index contributed by atoms with van der Waals surface area (Å²) in [5.74, 6) is 1.50.